The molecule has 0 heterocycles. The third-order valence-corrected chi connectivity index (χ3v) is 11.3. The van der Waals surface area contributed by atoms with Crippen LogP contribution in [0.3, 0.4) is 0 Å². The number of phosphoric acid groups is 2. The largest absolute Gasteiger partial charge is 0.472 e. The van der Waals surface area contributed by atoms with Crippen LogP contribution in [0.15, 0.2) is 72.9 Å². The number of hydrogen-bond acceptors (Lipinski definition) is 11. The van der Waals surface area contributed by atoms with Gasteiger partial charge in [0.15, 0.2) is 6.10 Å². The maximum atomic E-state index is 12.7. The SMILES string of the molecule is CC/C=C\C/C=C\C/C=C\C/C=C\C/C=C\C=C/C(O)CCC(=O)O[C@H](COC(=O)CCCCCCCCCCCCCCCCCC(C)C)COP(=O)(O)OC[C@@H](O)COP(=O)(O)O. The first-order valence-electron chi connectivity index (χ1n) is 24.1. The molecule has 0 bridgehead atoms. The van der Waals surface area contributed by atoms with E-state index in [0.717, 1.165) is 57.3 Å². The van der Waals surface area contributed by atoms with E-state index < -0.39 is 72.3 Å². The van der Waals surface area contributed by atoms with Crippen LogP contribution in [0.4, 0.5) is 0 Å². The van der Waals surface area contributed by atoms with Crippen LogP contribution in [0.1, 0.15) is 175 Å². The second-order valence-electron chi connectivity index (χ2n) is 16.7. The Labute approximate surface area is 391 Å². The van der Waals surface area contributed by atoms with Crippen molar-refractivity contribution in [2.75, 3.05) is 26.4 Å². The summed E-state index contributed by atoms with van der Waals surface area (Å²) in [6.45, 7) is 3.72. The Kier molecular flexibility index (Phi) is 41.2. The first-order chi connectivity index (χ1) is 31.1. The number of ether oxygens (including phenoxy) is 2. The van der Waals surface area contributed by atoms with Gasteiger partial charge in [-0.15, -0.1) is 0 Å². The topological polar surface area (TPSA) is 216 Å². The van der Waals surface area contributed by atoms with E-state index in [1.807, 2.05) is 12.2 Å². The van der Waals surface area contributed by atoms with E-state index in [1.54, 1.807) is 12.2 Å². The molecule has 5 N–H and O–H groups in total. The molecule has 14 nitrogen and oxygen atoms in total. The van der Waals surface area contributed by atoms with Crippen molar-refractivity contribution in [1.82, 2.24) is 0 Å². The van der Waals surface area contributed by atoms with E-state index in [0.29, 0.717) is 6.42 Å². The van der Waals surface area contributed by atoms with E-state index in [-0.39, 0.29) is 19.3 Å². The predicted molar refractivity (Wildman–Crippen MR) is 259 cm³/mol. The summed E-state index contributed by atoms with van der Waals surface area (Å²) in [7, 11) is -9.77. The minimum absolute atomic E-state index is 0.0163. The summed E-state index contributed by atoms with van der Waals surface area (Å²) in [5.41, 5.74) is 0. The Morgan fingerprint density at radius 2 is 0.985 bits per heavy atom. The summed E-state index contributed by atoms with van der Waals surface area (Å²) in [4.78, 5) is 52.9. The molecular formula is C49H86O14P2. The van der Waals surface area contributed by atoms with Crippen LogP contribution in [0.2, 0.25) is 0 Å². The molecule has 0 rings (SSSR count). The molecule has 2 unspecified atom stereocenters. The fraction of sp³-hybridized carbons (Fsp3) is 0.714. The van der Waals surface area contributed by atoms with Crippen LogP contribution in [0.5, 0.6) is 0 Å². The Morgan fingerprint density at radius 1 is 0.523 bits per heavy atom. The molecule has 0 spiro atoms. The van der Waals surface area contributed by atoms with E-state index in [4.69, 9.17) is 23.8 Å². The van der Waals surface area contributed by atoms with Crippen LogP contribution in [0.25, 0.3) is 0 Å². The number of aliphatic hydroxyl groups excluding tert-OH is 2. The number of hydrogen-bond donors (Lipinski definition) is 5. The summed E-state index contributed by atoms with van der Waals surface area (Å²) < 4.78 is 47.7. The Hall–Kier alpha value is -2.48. The van der Waals surface area contributed by atoms with Gasteiger partial charge in [0.25, 0.3) is 0 Å². The summed E-state index contributed by atoms with van der Waals surface area (Å²) in [5, 5.41) is 20.1. The van der Waals surface area contributed by atoms with E-state index in [2.05, 4.69) is 72.4 Å². The van der Waals surface area contributed by atoms with Crippen molar-refractivity contribution < 1.29 is 66.7 Å². The van der Waals surface area contributed by atoms with Crippen molar-refractivity contribution >= 4 is 27.6 Å². The minimum atomic E-state index is -4.89. The highest BCUT2D eigenvalue weighted by Gasteiger charge is 2.28. The molecule has 0 radical (unpaired) electrons. The van der Waals surface area contributed by atoms with Gasteiger partial charge in [0.05, 0.1) is 25.9 Å². The highest BCUT2D eigenvalue weighted by molar-refractivity contribution is 7.47. The number of phosphoric ester groups is 2. The van der Waals surface area contributed by atoms with Crippen LogP contribution < -0.4 is 0 Å². The van der Waals surface area contributed by atoms with Gasteiger partial charge in [-0.25, -0.2) is 9.13 Å². The maximum Gasteiger partial charge on any atom is 0.472 e. The average Bonchev–Trinajstić information content (AvgIpc) is 3.25. The van der Waals surface area contributed by atoms with Crippen LogP contribution in [-0.2, 0) is 41.8 Å². The highest BCUT2D eigenvalue weighted by atomic mass is 31.2. The van der Waals surface area contributed by atoms with Crippen molar-refractivity contribution in [3.05, 3.63) is 72.9 Å². The molecule has 0 aliphatic carbocycles. The summed E-state index contributed by atoms with van der Waals surface area (Å²) in [6, 6.07) is 0. The molecule has 4 atom stereocenters. The number of aliphatic hydroxyl groups is 2. The van der Waals surface area contributed by atoms with Gasteiger partial charge in [-0.05, 0) is 50.9 Å². The molecule has 16 heteroatoms. The maximum absolute atomic E-state index is 12.7. The monoisotopic (exact) mass is 961 g/mol. The number of carbonyl (C=O) groups excluding carboxylic acids is 2. The molecule has 0 aromatic carbocycles. The number of allylic oxidation sites excluding steroid dienone is 11. The first kappa shape index (κ1) is 62.5. The second kappa shape index (κ2) is 42.8. The molecular weight excluding hydrogens is 874 g/mol. The molecule has 0 aliphatic rings. The van der Waals surface area contributed by atoms with Crippen LogP contribution >= 0.6 is 15.6 Å². The minimum Gasteiger partial charge on any atom is -0.462 e. The first-order valence-corrected chi connectivity index (χ1v) is 27.1. The highest BCUT2D eigenvalue weighted by Crippen LogP contribution is 2.43. The van der Waals surface area contributed by atoms with Crippen molar-refractivity contribution in [3.63, 3.8) is 0 Å². The molecule has 0 aromatic heterocycles. The molecule has 0 aliphatic heterocycles. The van der Waals surface area contributed by atoms with Crippen LogP contribution in [0, 0.1) is 5.92 Å². The van der Waals surface area contributed by atoms with E-state index >= 15 is 0 Å². The summed E-state index contributed by atoms with van der Waals surface area (Å²) in [6.07, 6.45) is 43.7. The smallest absolute Gasteiger partial charge is 0.462 e. The average molecular weight is 961 g/mol. The van der Waals surface area contributed by atoms with Crippen LogP contribution in [-0.4, -0.2) is 81.6 Å². The molecule has 0 fully saturated rings. The fourth-order valence-corrected chi connectivity index (χ4v) is 7.39. The van der Waals surface area contributed by atoms with Gasteiger partial charge in [0.2, 0.25) is 0 Å². The number of rotatable bonds is 44. The van der Waals surface area contributed by atoms with Gasteiger partial charge in [-0.1, -0.05) is 190 Å². The molecule has 0 amide bonds. The van der Waals surface area contributed by atoms with Gasteiger partial charge in [0.1, 0.15) is 12.7 Å². The van der Waals surface area contributed by atoms with Crippen molar-refractivity contribution in [2.24, 2.45) is 5.92 Å². The Bertz CT molecular complexity index is 1450. The van der Waals surface area contributed by atoms with E-state index in [1.165, 1.54) is 83.1 Å². The second-order valence-corrected chi connectivity index (χ2v) is 19.4. The molecule has 0 aromatic rings. The van der Waals surface area contributed by atoms with Gasteiger partial charge in [-0.2, -0.15) is 0 Å². The third kappa shape index (κ3) is 47.8. The standard InChI is InChI=1S/C49H86O14P2/c1-4-5-6-7-8-9-10-11-12-15-18-21-24-27-30-33-36-45(50)38-39-49(53)63-47(43-62-65(57,58)61-41-46(51)40-60-64(54,55)56)42-59-48(52)37-34-31-28-25-22-19-16-13-14-17-20-23-26-29-32-35-44(2)3/h5-6,8-9,11-12,18,21,27,30,33,36,44-47,50-51H,4,7,10,13-17,19-20,22-26,28-29,31-32,34-35,37-43H2,1-3H3,(H,57,58)(H2,54,55,56)/b6-5-,9-8-,12-11-,21-18-,30-27-,36-33-/t45?,46-,47+/m0/s1. The zero-order valence-electron chi connectivity index (χ0n) is 39.8. The number of carbonyl (C=O) groups is 2. The molecule has 65 heavy (non-hydrogen) atoms. The molecule has 376 valence electrons. The lowest BCUT2D eigenvalue weighted by atomic mass is 10.0. The Morgan fingerprint density at radius 3 is 1.49 bits per heavy atom. The predicted octanol–water partition coefficient (Wildman–Crippen LogP) is 11.8. The summed E-state index contributed by atoms with van der Waals surface area (Å²) in [5.74, 6) is -0.504. The van der Waals surface area contributed by atoms with Crippen molar-refractivity contribution in [1.29, 1.82) is 0 Å². The van der Waals surface area contributed by atoms with E-state index in [9.17, 15) is 33.8 Å². The van der Waals surface area contributed by atoms with Crippen molar-refractivity contribution in [2.45, 2.75) is 193 Å². The lowest BCUT2D eigenvalue weighted by Gasteiger charge is -2.20. The third-order valence-electron chi connectivity index (χ3n) is 9.90. The summed E-state index contributed by atoms with van der Waals surface area (Å²) >= 11 is 0. The molecule has 0 saturated carbocycles. The van der Waals surface area contributed by atoms with Gasteiger partial charge >= 0.3 is 27.6 Å². The zero-order chi connectivity index (χ0) is 48.3. The van der Waals surface area contributed by atoms with Crippen molar-refractivity contribution in [3.8, 4) is 0 Å². The number of esters is 2. The number of unbranched alkanes of at least 4 members (excludes halogenated alkanes) is 14. The lowest BCUT2D eigenvalue weighted by molar-refractivity contribution is -0.161. The Balaban J connectivity index is 4.67. The molecule has 0 saturated heterocycles. The van der Waals surface area contributed by atoms with Gasteiger partial charge in [-0.3, -0.25) is 23.2 Å². The zero-order valence-corrected chi connectivity index (χ0v) is 41.6. The van der Waals surface area contributed by atoms with Gasteiger partial charge < -0.3 is 34.4 Å². The lowest BCUT2D eigenvalue weighted by Crippen LogP contribution is -2.30. The fourth-order valence-electron chi connectivity index (χ4n) is 6.23. The quantitative estimate of drug-likeness (QED) is 0.0126. The normalized spacial score (nSPS) is 15.1. The van der Waals surface area contributed by atoms with Gasteiger partial charge in [0, 0.05) is 12.8 Å².